The summed E-state index contributed by atoms with van der Waals surface area (Å²) in [6, 6.07) is 5.81. The number of ether oxygens (including phenoxy) is 2. The summed E-state index contributed by atoms with van der Waals surface area (Å²) >= 11 is 0. The van der Waals surface area contributed by atoms with Crippen molar-refractivity contribution in [2.75, 3.05) is 33.4 Å². The van der Waals surface area contributed by atoms with Gasteiger partial charge in [0.1, 0.15) is 13.2 Å². The molecule has 1 unspecified atom stereocenters. The molecule has 0 saturated carbocycles. The summed E-state index contributed by atoms with van der Waals surface area (Å²) in [4.78, 5) is 14.9. The number of likely N-dealkylation sites (N-methyl/N-ethyl adjacent to an activating group) is 1. The average molecular weight is 290 g/mol. The van der Waals surface area contributed by atoms with Gasteiger partial charge in [0.05, 0.1) is 5.56 Å². The molecule has 2 heterocycles. The van der Waals surface area contributed by atoms with Crippen LogP contribution in [0.25, 0.3) is 0 Å². The van der Waals surface area contributed by atoms with Crippen LogP contribution in [0.15, 0.2) is 18.2 Å². The number of likely N-dealkylation sites (tertiary alicyclic amines) is 1. The van der Waals surface area contributed by atoms with Gasteiger partial charge in [-0.1, -0.05) is 6.07 Å². The van der Waals surface area contributed by atoms with E-state index >= 15 is 0 Å². The lowest BCUT2D eigenvalue weighted by Gasteiger charge is -2.36. The van der Waals surface area contributed by atoms with Gasteiger partial charge in [0.2, 0.25) is 0 Å². The van der Waals surface area contributed by atoms with Crippen molar-refractivity contribution in [3.05, 3.63) is 23.8 Å². The van der Waals surface area contributed by atoms with Gasteiger partial charge in [0.25, 0.3) is 5.91 Å². The molecule has 1 saturated heterocycles. The number of hydrogen-bond acceptors (Lipinski definition) is 4. The zero-order valence-electron chi connectivity index (χ0n) is 12.4. The summed E-state index contributed by atoms with van der Waals surface area (Å²) in [5.74, 6) is 1.33. The molecule has 114 valence electrons. The molecule has 0 radical (unpaired) electrons. The average Bonchev–Trinajstić information content (AvgIpc) is 2.54. The Bertz CT molecular complexity index is 516. The van der Waals surface area contributed by atoms with Gasteiger partial charge in [-0.3, -0.25) is 4.79 Å². The van der Waals surface area contributed by atoms with Crippen LogP contribution in [0.1, 0.15) is 29.6 Å². The number of rotatable bonds is 3. The van der Waals surface area contributed by atoms with E-state index < -0.39 is 0 Å². The smallest absolute Gasteiger partial charge is 0.258 e. The first-order valence-corrected chi connectivity index (χ1v) is 7.65. The van der Waals surface area contributed by atoms with Gasteiger partial charge in [0.15, 0.2) is 11.5 Å². The zero-order valence-corrected chi connectivity index (χ0v) is 12.4. The molecule has 2 aliphatic heterocycles. The molecule has 5 nitrogen and oxygen atoms in total. The van der Waals surface area contributed by atoms with E-state index in [9.17, 15) is 4.79 Å². The normalized spacial score (nSPS) is 21.2. The molecular weight excluding hydrogens is 268 g/mol. The van der Waals surface area contributed by atoms with Gasteiger partial charge >= 0.3 is 0 Å². The monoisotopic (exact) mass is 290 g/mol. The SMILES string of the molecule is CNCC1CCCCN1C(=O)c1cccc2c1OCCO2. The molecule has 0 bridgehead atoms. The van der Waals surface area contributed by atoms with Crippen LogP contribution in [0.5, 0.6) is 11.5 Å². The number of para-hydroxylation sites is 1. The number of amides is 1. The van der Waals surface area contributed by atoms with Gasteiger partial charge in [-0.15, -0.1) is 0 Å². The first kappa shape index (κ1) is 14.2. The Morgan fingerprint density at radius 1 is 1.33 bits per heavy atom. The maximum absolute atomic E-state index is 12.9. The van der Waals surface area contributed by atoms with Crippen LogP contribution in [-0.2, 0) is 0 Å². The summed E-state index contributed by atoms with van der Waals surface area (Å²) in [5.41, 5.74) is 0.621. The number of nitrogens with zero attached hydrogens (tertiary/aromatic N) is 1. The number of benzene rings is 1. The van der Waals surface area contributed by atoms with Gasteiger partial charge in [-0.2, -0.15) is 0 Å². The van der Waals surface area contributed by atoms with Crippen LogP contribution in [0.4, 0.5) is 0 Å². The molecule has 1 aromatic carbocycles. The summed E-state index contributed by atoms with van der Waals surface area (Å²) in [6.07, 6.45) is 3.31. The lowest BCUT2D eigenvalue weighted by molar-refractivity contribution is 0.0605. The summed E-state index contributed by atoms with van der Waals surface area (Å²) in [7, 11) is 1.93. The number of nitrogens with one attached hydrogen (secondary N) is 1. The van der Waals surface area contributed by atoms with Crippen molar-refractivity contribution < 1.29 is 14.3 Å². The minimum atomic E-state index is 0.0531. The fourth-order valence-electron chi connectivity index (χ4n) is 3.11. The second-order valence-corrected chi connectivity index (χ2v) is 5.54. The number of carbonyl (C=O) groups is 1. The highest BCUT2D eigenvalue weighted by atomic mass is 16.6. The van der Waals surface area contributed by atoms with Crippen molar-refractivity contribution in [2.24, 2.45) is 0 Å². The minimum absolute atomic E-state index is 0.0531. The summed E-state index contributed by atoms with van der Waals surface area (Å²) in [5, 5.41) is 3.19. The molecule has 1 N–H and O–H groups in total. The fraction of sp³-hybridized carbons (Fsp3) is 0.562. The lowest BCUT2D eigenvalue weighted by Crippen LogP contribution is -2.48. The Kier molecular flexibility index (Phi) is 4.29. The highest BCUT2D eigenvalue weighted by molar-refractivity contribution is 5.98. The zero-order chi connectivity index (χ0) is 14.7. The third-order valence-electron chi connectivity index (χ3n) is 4.12. The number of carbonyl (C=O) groups excluding carboxylic acids is 1. The molecule has 1 atom stereocenters. The van der Waals surface area contributed by atoms with Gasteiger partial charge in [0, 0.05) is 19.1 Å². The fourth-order valence-corrected chi connectivity index (χ4v) is 3.11. The number of fused-ring (bicyclic) bond motifs is 1. The van der Waals surface area contributed by atoms with Crippen molar-refractivity contribution >= 4 is 5.91 Å². The highest BCUT2D eigenvalue weighted by Crippen LogP contribution is 2.35. The van der Waals surface area contributed by atoms with Crippen LogP contribution < -0.4 is 14.8 Å². The lowest BCUT2D eigenvalue weighted by atomic mass is 10.00. The molecule has 0 aromatic heterocycles. The quantitative estimate of drug-likeness (QED) is 0.920. The molecule has 21 heavy (non-hydrogen) atoms. The van der Waals surface area contributed by atoms with Crippen molar-refractivity contribution in [3.8, 4) is 11.5 Å². The molecule has 0 spiro atoms. The standard InChI is InChI=1S/C16H22N2O3/c1-17-11-12-5-2-3-8-18(12)16(19)13-6-4-7-14-15(13)21-10-9-20-14/h4,6-7,12,17H,2-3,5,8-11H2,1H3. The molecule has 0 aliphatic carbocycles. The van der Waals surface area contributed by atoms with Crippen LogP contribution in [-0.4, -0.2) is 50.2 Å². The third-order valence-corrected chi connectivity index (χ3v) is 4.12. The molecule has 1 fully saturated rings. The molecule has 3 rings (SSSR count). The number of piperidine rings is 1. The Morgan fingerprint density at radius 3 is 3.05 bits per heavy atom. The molecular formula is C16H22N2O3. The van der Waals surface area contributed by atoms with Crippen molar-refractivity contribution in [1.82, 2.24) is 10.2 Å². The van der Waals surface area contributed by atoms with Crippen LogP contribution in [0.3, 0.4) is 0 Å². The second-order valence-electron chi connectivity index (χ2n) is 5.54. The Balaban J connectivity index is 1.87. The van der Waals surface area contributed by atoms with E-state index in [2.05, 4.69) is 5.32 Å². The van der Waals surface area contributed by atoms with Crippen molar-refractivity contribution in [2.45, 2.75) is 25.3 Å². The Labute approximate surface area is 125 Å². The summed E-state index contributed by atoms with van der Waals surface area (Å²) in [6.45, 7) is 2.68. The predicted octanol–water partition coefficient (Wildman–Crippen LogP) is 1.67. The van der Waals surface area contributed by atoms with E-state index in [0.717, 1.165) is 25.9 Å². The van der Waals surface area contributed by atoms with E-state index in [1.807, 2.05) is 30.1 Å². The Morgan fingerprint density at radius 2 is 2.19 bits per heavy atom. The first-order chi connectivity index (χ1) is 10.3. The van der Waals surface area contributed by atoms with Crippen molar-refractivity contribution in [1.29, 1.82) is 0 Å². The van der Waals surface area contributed by atoms with E-state index in [-0.39, 0.29) is 11.9 Å². The van der Waals surface area contributed by atoms with E-state index in [4.69, 9.17) is 9.47 Å². The third kappa shape index (κ3) is 2.83. The first-order valence-electron chi connectivity index (χ1n) is 7.65. The predicted molar refractivity (Wildman–Crippen MR) is 80.0 cm³/mol. The maximum atomic E-state index is 12.9. The second kappa shape index (κ2) is 6.35. The minimum Gasteiger partial charge on any atom is -0.486 e. The van der Waals surface area contributed by atoms with Crippen LogP contribution in [0, 0.1) is 0 Å². The Hall–Kier alpha value is -1.75. The highest BCUT2D eigenvalue weighted by Gasteiger charge is 2.30. The topological polar surface area (TPSA) is 50.8 Å². The molecule has 1 amide bonds. The molecule has 2 aliphatic rings. The van der Waals surface area contributed by atoms with Gasteiger partial charge in [-0.25, -0.2) is 0 Å². The number of hydrogen-bond donors (Lipinski definition) is 1. The molecule has 5 heteroatoms. The molecule has 1 aromatic rings. The van der Waals surface area contributed by atoms with Crippen LogP contribution in [0.2, 0.25) is 0 Å². The summed E-state index contributed by atoms with van der Waals surface area (Å²) < 4.78 is 11.2. The maximum Gasteiger partial charge on any atom is 0.258 e. The van der Waals surface area contributed by atoms with E-state index in [1.54, 1.807) is 0 Å². The largest absolute Gasteiger partial charge is 0.486 e. The van der Waals surface area contributed by atoms with E-state index in [0.29, 0.717) is 30.3 Å². The van der Waals surface area contributed by atoms with Crippen molar-refractivity contribution in [3.63, 3.8) is 0 Å². The van der Waals surface area contributed by atoms with Crippen LogP contribution >= 0.6 is 0 Å². The van der Waals surface area contributed by atoms with Gasteiger partial charge < -0.3 is 19.7 Å². The van der Waals surface area contributed by atoms with E-state index in [1.165, 1.54) is 6.42 Å². The van der Waals surface area contributed by atoms with Gasteiger partial charge in [-0.05, 0) is 38.4 Å².